The summed E-state index contributed by atoms with van der Waals surface area (Å²) in [6, 6.07) is 14.9. The van der Waals surface area contributed by atoms with Crippen molar-refractivity contribution in [1.82, 2.24) is 10.2 Å². The van der Waals surface area contributed by atoms with Crippen LogP contribution in [0.15, 0.2) is 71.6 Å². The van der Waals surface area contributed by atoms with Gasteiger partial charge in [-0.1, -0.05) is 43.6 Å². The Labute approximate surface area is 256 Å². The Bertz CT molecular complexity index is 1550. The van der Waals surface area contributed by atoms with Crippen LogP contribution in [0, 0.1) is 5.82 Å². The smallest absolute Gasteiger partial charge is 0.264 e. The van der Waals surface area contributed by atoms with Gasteiger partial charge in [0.25, 0.3) is 10.0 Å². The number of sulfonamides is 1. The predicted molar refractivity (Wildman–Crippen MR) is 162 cm³/mol. The Morgan fingerprint density at radius 1 is 0.977 bits per heavy atom. The van der Waals surface area contributed by atoms with E-state index in [1.165, 1.54) is 35.2 Å². The number of rotatable bonds is 12. The number of hydrogen-bond donors (Lipinski definition) is 1. The Kier molecular flexibility index (Phi) is 10.5. The Morgan fingerprint density at radius 3 is 2.30 bits per heavy atom. The molecule has 2 amide bonds. The lowest BCUT2D eigenvalue weighted by molar-refractivity contribution is -0.140. The van der Waals surface area contributed by atoms with E-state index in [1.54, 1.807) is 31.2 Å². The first-order chi connectivity index (χ1) is 20.5. The molecule has 1 N–H and O–H groups in total. The van der Waals surface area contributed by atoms with E-state index in [1.807, 2.05) is 13.8 Å². The fourth-order valence-corrected chi connectivity index (χ4v) is 6.24. The van der Waals surface area contributed by atoms with Gasteiger partial charge in [-0.2, -0.15) is 0 Å². The lowest BCUT2D eigenvalue weighted by Gasteiger charge is -2.34. The molecule has 43 heavy (non-hydrogen) atoms. The van der Waals surface area contributed by atoms with E-state index in [2.05, 4.69) is 5.32 Å². The molecular formula is C31H35ClFN3O6S. The summed E-state index contributed by atoms with van der Waals surface area (Å²) in [5, 5.41) is 3.33. The minimum absolute atomic E-state index is 0.0354. The number of carbonyl (C=O) groups excluding carboxylic acids is 2. The van der Waals surface area contributed by atoms with E-state index in [9.17, 15) is 22.4 Å². The van der Waals surface area contributed by atoms with Crippen LogP contribution in [-0.4, -0.2) is 57.0 Å². The molecule has 0 radical (unpaired) electrons. The average Bonchev–Trinajstić information content (AvgIpc) is 3.00. The molecular weight excluding hydrogens is 597 g/mol. The average molecular weight is 632 g/mol. The Hall–Kier alpha value is -3.83. The van der Waals surface area contributed by atoms with Crippen LogP contribution in [0.25, 0.3) is 0 Å². The maximum absolute atomic E-state index is 14.2. The highest BCUT2D eigenvalue weighted by molar-refractivity contribution is 7.92. The van der Waals surface area contributed by atoms with Crippen molar-refractivity contribution in [2.45, 2.75) is 57.1 Å². The molecule has 0 saturated heterocycles. The minimum atomic E-state index is -4.38. The van der Waals surface area contributed by atoms with Crippen molar-refractivity contribution in [1.29, 1.82) is 0 Å². The molecule has 0 spiro atoms. The summed E-state index contributed by atoms with van der Waals surface area (Å²) in [5.41, 5.74) is 0.662. The van der Waals surface area contributed by atoms with Crippen molar-refractivity contribution in [3.63, 3.8) is 0 Å². The summed E-state index contributed by atoms with van der Waals surface area (Å²) in [4.78, 5) is 28.7. The van der Waals surface area contributed by atoms with Gasteiger partial charge in [-0.25, -0.2) is 12.8 Å². The fraction of sp³-hybridized carbons (Fsp3) is 0.355. The molecule has 12 heteroatoms. The summed E-state index contributed by atoms with van der Waals surface area (Å²) in [5.74, 6) is -0.916. The number of halogens is 2. The molecule has 9 nitrogen and oxygen atoms in total. The first-order valence-electron chi connectivity index (χ1n) is 14.1. The third-order valence-corrected chi connectivity index (χ3v) is 9.32. The van der Waals surface area contributed by atoms with Gasteiger partial charge in [0.15, 0.2) is 11.5 Å². The molecule has 1 aliphatic rings. The van der Waals surface area contributed by atoms with Crippen LogP contribution in [0.4, 0.5) is 10.1 Å². The van der Waals surface area contributed by atoms with Gasteiger partial charge < -0.3 is 19.7 Å². The van der Waals surface area contributed by atoms with Crippen molar-refractivity contribution < 1.29 is 31.9 Å². The van der Waals surface area contributed by atoms with Gasteiger partial charge in [0.2, 0.25) is 11.8 Å². The molecule has 4 rings (SSSR count). The molecule has 0 aliphatic carbocycles. The van der Waals surface area contributed by atoms with E-state index >= 15 is 0 Å². The standard InChI is InChI=1S/C31H35ClFN3O6S/c1-4-21(3)34-31(38)27(5-2)35(19-22-8-6-7-9-26(22)32)30(37)20-36(24-12-10-23(33)11-13-24)43(39,40)25-14-15-28-29(18-25)42-17-16-41-28/h6-15,18,21,27H,4-5,16-17,19-20H2,1-3H3,(H,34,38)/t21-,27+/m0/s1. The van der Waals surface area contributed by atoms with Crippen LogP contribution in [0.1, 0.15) is 39.2 Å². The zero-order chi connectivity index (χ0) is 31.1. The van der Waals surface area contributed by atoms with E-state index in [0.717, 1.165) is 16.4 Å². The highest BCUT2D eigenvalue weighted by Gasteiger charge is 2.34. The molecule has 2 atom stereocenters. The van der Waals surface area contributed by atoms with Gasteiger partial charge in [0.05, 0.1) is 10.6 Å². The van der Waals surface area contributed by atoms with E-state index in [-0.39, 0.29) is 47.9 Å². The zero-order valence-corrected chi connectivity index (χ0v) is 25.8. The lowest BCUT2D eigenvalue weighted by Crippen LogP contribution is -2.53. The van der Waals surface area contributed by atoms with Gasteiger partial charge >= 0.3 is 0 Å². The van der Waals surface area contributed by atoms with Gasteiger partial charge in [0.1, 0.15) is 31.6 Å². The molecule has 0 bridgehead atoms. The van der Waals surface area contributed by atoms with Crippen LogP contribution in [-0.2, 0) is 26.2 Å². The molecule has 0 aromatic heterocycles. The molecule has 0 unspecified atom stereocenters. The Morgan fingerprint density at radius 2 is 1.65 bits per heavy atom. The highest BCUT2D eigenvalue weighted by atomic mass is 35.5. The number of carbonyl (C=O) groups is 2. The molecule has 3 aromatic rings. The van der Waals surface area contributed by atoms with Crippen LogP contribution in [0.2, 0.25) is 5.02 Å². The number of ether oxygens (including phenoxy) is 2. The largest absolute Gasteiger partial charge is 0.486 e. The number of benzene rings is 3. The molecule has 1 heterocycles. The first-order valence-corrected chi connectivity index (χ1v) is 15.9. The molecule has 0 fully saturated rings. The first kappa shape index (κ1) is 32.1. The summed E-state index contributed by atoms with van der Waals surface area (Å²) >= 11 is 6.43. The second-order valence-electron chi connectivity index (χ2n) is 10.1. The van der Waals surface area contributed by atoms with E-state index in [0.29, 0.717) is 29.4 Å². The van der Waals surface area contributed by atoms with Crippen molar-refractivity contribution in [3.8, 4) is 11.5 Å². The summed E-state index contributed by atoms with van der Waals surface area (Å²) in [6.45, 7) is 5.46. The van der Waals surface area contributed by atoms with Crippen LogP contribution in [0.5, 0.6) is 11.5 Å². The second-order valence-corrected chi connectivity index (χ2v) is 12.4. The predicted octanol–water partition coefficient (Wildman–Crippen LogP) is 5.17. The molecule has 0 saturated carbocycles. The number of amides is 2. The third kappa shape index (κ3) is 7.58. The molecule has 1 aliphatic heterocycles. The van der Waals surface area contributed by atoms with E-state index < -0.39 is 34.3 Å². The summed E-state index contributed by atoms with van der Waals surface area (Å²) in [7, 11) is -4.38. The summed E-state index contributed by atoms with van der Waals surface area (Å²) in [6.07, 6.45) is 0.955. The van der Waals surface area contributed by atoms with Crippen LogP contribution in [0.3, 0.4) is 0 Å². The third-order valence-electron chi connectivity index (χ3n) is 7.18. The van der Waals surface area contributed by atoms with Gasteiger partial charge in [-0.15, -0.1) is 0 Å². The minimum Gasteiger partial charge on any atom is -0.486 e. The topological polar surface area (TPSA) is 105 Å². The fourth-order valence-electron chi connectivity index (χ4n) is 4.62. The SMILES string of the molecule is CC[C@H](C(=O)N[C@@H](C)CC)N(Cc1ccccc1Cl)C(=O)CN(c1ccc(F)cc1)S(=O)(=O)c1ccc2c(c1)OCCO2. The second kappa shape index (κ2) is 14.1. The van der Waals surface area contributed by atoms with Crippen molar-refractivity contribution >= 4 is 39.1 Å². The monoisotopic (exact) mass is 631 g/mol. The van der Waals surface area contributed by atoms with Crippen molar-refractivity contribution in [2.24, 2.45) is 0 Å². The molecule has 3 aromatic carbocycles. The Balaban J connectivity index is 1.75. The highest BCUT2D eigenvalue weighted by Crippen LogP contribution is 2.34. The molecule has 230 valence electrons. The maximum atomic E-state index is 14.2. The van der Waals surface area contributed by atoms with Crippen molar-refractivity contribution in [2.75, 3.05) is 24.1 Å². The summed E-state index contributed by atoms with van der Waals surface area (Å²) < 4.78 is 54.1. The number of fused-ring (bicyclic) bond motifs is 1. The normalized spacial score (nSPS) is 14.0. The number of anilines is 1. The zero-order valence-electron chi connectivity index (χ0n) is 24.3. The van der Waals surface area contributed by atoms with Crippen LogP contribution >= 0.6 is 11.6 Å². The van der Waals surface area contributed by atoms with Crippen molar-refractivity contribution in [3.05, 3.63) is 83.1 Å². The number of nitrogens with zero attached hydrogens (tertiary/aromatic N) is 2. The van der Waals surface area contributed by atoms with E-state index in [4.69, 9.17) is 21.1 Å². The number of hydrogen-bond acceptors (Lipinski definition) is 6. The van der Waals surface area contributed by atoms with Gasteiger partial charge in [0, 0.05) is 23.7 Å². The maximum Gasteiger partial charge on any atom is 0.264 e. The van der Waals surface area contributed by atoms with Gasteiger partial charge in [-0.3, -0.25) is 13.9 Å². The van der Waals surface area contributed by atoms with Gasteiger partial charge in [-0.05, 0) is 67.8 Å². The van der Waals surface area contributed by atoms with Crippen LogP contribution < -0.4 is 19.1 Å². The lowest BCUT2D eigenvalue weighted by atomic mass is 10.1. The number of nitrogens with one attached hydrogen (secondary N) is 1. The quantitative estimate of drug-likeness (QED) is 0.296.